The van der Waals surface area contributed by atoms with Crippen molar-refractivity contribution in [3.05, 3.63) is 89.6 Å². The number of nitrogens with zero attached hydrogens (tertiary/aromatic N) is 1. The lowest BCUT2D eigenvalue weighted by Crippen LogP contribution is -2.01. The number of benzene rings is 2. The lowest BCUT2D eigenvalue weighted by Gasteiger charge is -2.02. The highest BCUT2D eigenvalue weighted by atomic mass is 16.6. The molecule has 0 aliphatic carbocycles. The number of methoxy groups -OCH3 is 1. The van der Waals surface area contributed by atoms with Crippen molar-refractivity contribution in [2.24, 2.45) is 4.99 Å². The Hall–Kier alpha value is -3.40. The van der Waals surface area contributed by atoms with E-state index in [4.69, 9.17) is 9.47 Å². The number of hydrogen-bond donors (Lipinski definition) is 0. The molecule has 0 atom stereocenters. The smallest absolute Gasteiger partial charge is 0.363 e. The van der Waals surface area contributed by atoms with Gasteiger partial charge in [0.1, 0.15) is 5.75 Å². The summed E-state index contributed by atoms with van der Waals surface area (Å²) in [5, 5.41) is 0. The third-order valence-electron chi connectivity index (χ3n) is 3.52. The van der Waals surface area contributed by atoms with Crippen LogP contribution in [-0.2, 0) is 9.53 Å². The molecule has 0 spiro atoms. The molecule has 1 aliphatic rings. The average Bonchev–Trinajstić information content (AvgIpc) is 3.01. The van der Waals surface area contributed by atoms with Crippen LogP contribution in [0.4, 0.5) is 0 Å². The third kappa shape index (κ3) is 4.32. The molecule has 3 rings (SSSR count). The number of allylic oxidation sites excluding steroid dienone is 2. The van der Waals surface area contributed by atoms with Crippen LogP contribution in [0.2, 0.25) is 0 Å². The number of para-hydroxylation sites is 1. The summed E-state index contributed by atoms with van der Waals surface area (Å²) in [5.74, 6) is 0.540. The maximum absolute atomic E-state index is 11.9. The Morgan fingerprint density at radius 3 is 2.52 bits per heavy atom. The standard InChI is InChI=1S/C21H17NO3/c1-24-19-13-6-5-11-17(19)14-15-20-22-18(21(23)25-20)12-7-10-16-8-3-2-4-9-16/h2-15H,1H3/b10-7?,15-14+,18-12?. The summed E-state index contributed by atoms with van der Waals surface area (Å²) in [4.78, 5) is 16.1. The predicted molar refractivity (Wildman–Crippen MR) is 99.1 cm³/mol. The molecule has 2 aromatic rings. The van der Waals surface area contributed by atoms with Crippen molar-refractivity contribution >= 4 is 24.0 Å². The summed E-state index contributed by atoms with van der Waals surface area (Å²) in [6.07, 6.45) is 8.77. The quantitative estimate of drug-likeness (QED) is 0.607. The van der Waals surface area contributed by atoms with E-state index < -0.39 is 5.97 Å². The van der Waals surface area contributed by atoms with Gasteiger partial charge in [0.15, 0.2) is 5.70 Å². The van der Waals surface area contributed by atoms with Gasteiger partial charge in [-0.1, -0.05) is 60.7 Å². The molecule has 0 aromatic heterocycles. The lowest BCUT2D eigenvalue weighted by molar-refractivity contribution is -0.129. The monoisotopic (exact) mass is 331 g/mol. The van der Waals surface area contributed by atoms with Gasteiger partial charge in [0.25, 0.3) is 0 Å². The van der Waals surface area contributed by atoms with Gasteiger partial charge in [-0.15, -0.1) is 0 Å². The van der Waals surface area contributed by atoms with Crippen LogP contribution in [0.5, 0.6) is 5.75 Å². The van der Waals surface area contributed by atoms with Crippen LogP contribution in [-0.4, -0.2) is 19.0 Å². The molecule has 4 heteroatoms. The molecule has 25 heavy (non-hydrogen) atoms. The van der Waals surface area contributed by atoms with Crippen molar-refractivity contribution < 1.29 is 14.3 Å². The Bertz CT molecular complexity index is 877. The molecule has 2 aromatic carbocycles. The molecule has 1 aliphatic heterocycles. The van der Waals surface area contributed by atoms with Crippen molar-refractivity contribution in [3.8, 4) is 5.75 Å². The molecule has 0 radical (unpaired) electrons. The van der Waals surface area contributed by atoms with Crippen LogP contribution in [0, 0.1) is 0 Å². The third-order valence-corrected chi connectivity index (χ3v) is 3.52. The van der Waals surface area contributed by atoms with Gasteiger partial charge in [-0.25, -0.2) is 9.79 Å². The number of ether oxygens (including phenoxy) is 2. The maximum Gasteiger partial charge on any atom is 0.363 e. The first-order valence-electron chi connectivity index (χ1n) is 7.81. The maximum atomic E-state index is 11.9. The van der Waals surface area contributed by atoms with Crippen molar-refractivity contribution in [2.45, 2.75) is 0 Å². The molecule has 0 unspecified atom stereocenters. The molecule has 0 saturated heterocycles. The van der Waals surface area contributed by atoms with Gasteiger partial charge in [-0.3, -0.25) is 0 Å². The van der Waals surface area contributed by atoms with E-state index in [1.807, 2.05) is 60.7 Å². The first kappa shape index (κ1) is 16.5. The summed E-state index contributed by atoms with van der Waals surface area (Å²) in [7, 11) is 1.61. The van der Waals surface area contributed by atoms with E-state index in [2.05, 4.69) is 4.99 Å². The van der Waals surface area contributed by atoms with Gasteiger partial charge in [0, 0.05) is 11.6 Å². The van der Waals surface area contributed by atoms with Crippen LogP contribution < -0.4 is 4.74 Å². The zero-order valence-corrected chi connectivity index (χ0v) is 13.8. The molecule has 0 saturated carbocycles. The van der Waals surface area contributed by atoms with E-state index in [1.165, 1.54) is 0 Å². The molecule has 4 nitrogen and oxygen atoms in total. The Morgan fingerprint density at radius 2 is 1.72 bits per heavy atom. The lowest BCUT2D eigenvalue weighted by atomic mass is 10.2. The summed E-state index contributed by atoms with van der Waals surface area (Å²) >= 11 is 0. The second-order valence-electron chi connectivity index (χ2n) is 5.24. The molecule has 124 valence electrons. The van der Waals surface area contributed by atoms with Gasteiger partial charge >= 0.3 is 5.97 Å². The molecule has 0 amide bonds. The number of rotatable bonds is 5. The number of cyclic esters (lactones) is 1. The number of esters is 1. The minimum atomic E-state index is -0.461. The first-order valence-corrected chi connectivity index (χ1v) is 7.81. The Kier molecular flexibility index (Phi) is 5.22. The van der Waals surface area contributed by atoms with Crippen molar-refractivity contribution in [1.82, 2.24) is 0 Å². The number of carbonyl (C=O) groups excluding carboxylic acids is 1. The molecular weight excluding hydrogens is 314 g/mol. The zero-order chi connectivity index (χ0) is 17.5. The fourth-order valence-electron chi connectivity index (χ4n) is 2.29. The molecular formula is C21H17NO3. The highest BCUT2D eigenvalue weighted by Gasteiger charge is 2.20. The number of hydrogen-bond acceptors (Lipinski definition) is 4. The van der Waals surface area contributed by atoms with Crippen LogP contribution >= 0.6 is 0 Å². The summed E-state index contributed by atoms with van der Waals surface area (Å²) in [5.41, 5.74) is 2.20. The van der Waals surface area contributed by atoms with E-state index in [0.29, 0.717) is 0 Å². The number of carbonyl (C=O) groups is 1. The van der Waals surface area contributed by atoms with Crippen molar-refractivity contribution in [2.75, 3.05) is 7.11 Å². The van der Waals surface area contributed by atoms with Crippen LogP contribution in [0.25, 0.3) is 12.2 Å². The predicted octanol–water partition coefficient (Wildman–Crippen LogP) is 4.26. The SMILES string of the molecule is COc1ccccc1/C=C/C1=NC(=CC=Cc2ccccc2)C(=O)O1. The minimum absolute atomic E-state index is 0.260. The van der Waals surface area contributed by atoms with Crippen LogP contribution in [0.3, 0.4) is 0 Å². The largest absolute Gasteiger partial charge is 0.496 e. The summed E-state index contributed by atoms with van der Waals surface area (Å²) in [6, 6.07) is 17.4. The van der Waals surface area contributed by atoms with E-state index in [1.54, 1.807) is 31.4 Å². The second kappa shape index (κ2) is 7.93. The summed E-state index contributed by atoms with van der Waals surface area (Å²) in [6.45, 7) is 0. The normalized spacial score (nSPS) is 15.8. The zero-order valence-electron chi connectivity index (χ0n) is 13.8. The molecule has 0 fully saturated rings. The van der Waals surface area contributed by atoms with Crippen LogP contribution in [0.15, 0.2) is 83.5 Å². The molecule has 0 bridgehead atoms. The van der Waals surface area contributed by atoms with Crippen molar-refractivity contribution in [3.63, 3.8) is 0 Å². The van der Waals surface area contributed by atoms with Crippen LogP contribution in [0.1, 0.15) is 11.1 Å². The number of aliphatic imine (C=N–C) groups is 1. The van der Waals surface area contributed by atoms with Gasteiger partial charge in [-0.05, 0) is 23.8 Å². The topological polar surface area (TPSA) is 47.9 Å². The van der Waals surface area contributed by atoms with Gasteiger partial charge in [-0.2, -0.15) is 0 Å². The average molecular weight is 331 g/mol. The highest BCUT2D eigenvalue weighted by Crippen LogP contribution is 2.20. The van der Waals surface area contributed by atoms with Gasteiger partial charge in [0.05, 0.1) is 7.11 Å². The van der Waals surface area contributed by atoms with Gasteiger partial charge in [0.2, 0.25) is 5.90 Å². The molecule has 0 N–H and O–H groups in total. The molecule has 1 heterocycles. The fraction of sp³-hybridized carbons (Fsp3) is 0.0476. The van der Waals surface area contributed by atoms with Crippen molar-refractivity contribution in [1.29, 1.82) is 0 Å². The van der Waals surface area contributed by atoms with Gasteiger partial charge < -0.3 is 9.47 Å². The Labute approximate surface area is 146 Å². The Balaban J connectivity index is 1.73. The van der Waals surface area contributed by atoms with E-state index in [-0.39, 0.29) is 11.6 Å². The van der Waals surface area contributed by atoms with E-state index in [9.17, 15) is 4.79 Å². The van der Waals surface area contributed by atoms with E-state index in [0.717, 1.165) is 16.9 Å². The Morgan fingerprint density at radius 1 is 0.960 bits per heavy atom. The second-order valence-corrected chi connectivity index (χ2v) is 5.24. The van der Waals surface area contributed by atoms with E-state index >= 15 is 0 Å². The fourth-order valence-corrected chi connectivity index (χ4v) is 2.29. The first-order chi connectivity index (χ1) is 12.3. The highest BCUT2D eigenvalue weighted by molar-refractivity contribution is 6.10. The summed E-state index contributed by atoms with van der Waals surface area (Å²) < 4.78 is 10.4. The minimum Gasteiger partial charge on any atom is -0.496 e.